The van der Waals surface area contributed by atoms with Crippen LogP contribution in [0.3, 0.4) is 0 Å². The van der Waals surface area contributed by atoms with Crippen LogP contribution >= 0.6 is 0 Å². The SMILES string of the molecule is C=C1c2ccccc2-c2ccc(NC(=O)CCN3C(=O)CC(C)C3=O)cc21.CS(=O)(=O)O. The molecular formula is C23H24N2O6S. The average molecular weight is 457 g/mol. The van der Waals surface area contributed by atoms with E-state index >= 15 is 0 Å². The Morgan fingerprint density at radius 2 is 1.72 bits per heavy atom. The van der Waals surface area contributed by atoms with Crippen LogP contribution in [0, 0.1) is 5.92 Å². The van der Waals surface area contributed by atoms with E-state index in [1.165, 1.54) is 4.90 Å². The Balaban J connectivity index is 0.000000523. The van der Waals surface area contributed by atoms with Gasteiger partial charge < -0.3 is 5.32 Å². The number of fused-ring (bicyclic) bond motifs is 3. The van der Waals surface area contributed by atoms with Crippen LogP contribution in [0.25, 0.3) is 16.7 Å². The Labute approximate surface area is 186 Å². The zero-order valence-electron chi connectivity index (χ0n) is 17.8. The molecule has 2 aromatic carbocycles. The maximum atomic E-state index is 12.3. The third-order valence-corrected chi connectivity index (χ3v) is 5.20. The number of benzene rings is 2. The maximum absolute atomic E-state index is 12.3. The molecule has 0 spiro atoms. The molecule has 2 aliphatic rings. The number of hydrogen-bond acceptors (Lipinski definition) is 5. The molecule has 168 valence electrons. The van der Waals surface area contributed by atoms with Gasteiger partial charge in [0.05, 0.1) is 6.26 Å². The summed E-state index contributed by atoms with van der Waals surface area (Å²) < 4.78 is 25.9. The van der Waals surface area contributed by atoms with Crippen molar-refractivity contribution in [2.75, 3.05) is 18.1 Å². The molecule has 3 amide bonds. The van der Waals surface area contributed by atoms with Crippen LogP contribution < -0.4 is 5.32 Å². The molecule has 1 fully saturated rings. The minimum Gasteiger partial charge on any atom is -0.326 e. The second-order valence-electron chi connectivity index (χ2n) is 7.80. The summed E-state index contributed by atoms with van der Waals surface area (Å²) in [5.41, 5.74) is 5.99. The largest absolute Gasteiger partial charge is 0.326 e. The fraction of sp³-hybridized carbons (Fsp3) is 0.261. The van der Waals surface area contributed by atoms with Crippen LogP contribution in [0.2, 0.25) is 0 Å². The minimum atomic E-state index is -3.67. The molecule has 1 unspecified atom stereocenters. The van der Waals surface area contributed by atoms with Gasteiger partial charge in [0.15, 0.2) is 0 Å². The van der Waals surface area contributed by atoms with Gasteiger partial charge in [-0.15, -0.1) is 0 Å². The van der Waals surface area contributed by atoms with Crippen LogP contribution in [-0.2, 0) is 24.5 Å². The Kier molecular flexibility index (Phi) is 6.61. The highest BCUT2D eigenvalue weighted by Gasteiger charge is 2.35. The van der Waals surface area contributed by atoms with E-state index in [2.05, 4.69) is 18.0 Å². The Morgan fingerprint density at radius 3 is 2.31 bits per heavy atom. The van der Waals surface area contributed by atoms with Gasteiger partial charge in [-0.1, -0.05) is 43.8 Å². The molecule has 0 bridgehead atoms. The lowest BCUT2D eigenvalue weighted by molar-refractivity contribution is -0.139. The van der Waals surface area contributed by atoms with Gasteiger partial charge in [0.2, 0.25) is 17.7 Å². The fourth-order valence-electron chi connectivity index (χ4n) is 3.75. The number of carbonyl (C=O) groups excluding carboxylic acids is 3. The summed E-state index contributed by atoms with van der Waals surface area (Å²) in [5.74, 6) is -0.910. The third kappa shape index (κ3) is 5.30. The van der Waals surface area contributed by atoms with Gasteiger partial charge in [-0.3, -0.25) is 23.8 Å². The molecule has 32 heavy (non-hydrogen) atoms. The number of anilines is 1. The zero-order chi connectivity index (χ0) is 23.6. The highest BCUT2D eigenvalue weighted by molar-refractivity contribution is 7.85. The van der Waals surface area contributed by atoms with Crippen molar-refractivity contribution in [3.63, 3.8) is 0 Å². The summed E-state index contributed by atoms with van der Waals surface area (Å²) in [5, 5.41) is 2.85. The predicted octanol–water partition coefficient (Wildman–Crippen LogP) is 2.96. The molecule has 1 saturated heterocycles. The molecule has 1 heterocycles. The molecule has 0 saturated carbocycles. The maximum Gasteiger partial charge on any atom is 0.261 e. The first-order valence-electron chi connectivity index (χ1n) is 9.95. The van der Waals surface area contributed by atoms with E-state index in [-0.39, 0.29) is 43.0 Å². The number of carbonyl (C=O) groups is 3. The second kappa shape index (κ2) is 9.05. The average Bonchev–Trinajstić information content (AvgIpc) is 3.12. The number of amides is 3. The van der Waals surface area contributed by atoms with E-state index in [1.54, 1.807) is 6.92 Å². The van der Waals surface area contributed by atoms with Crippen molar-refractivity contribution in [1.29, 1.82) is 0 Å². The summed E-state index contributed by atoms with van der Waals surface area (Å²) >= 11 is 0. The highest BCUT2D eigenvalue weighted by atomic mass is 32.2. The molecule has 0 aromatic heterocycles. The Bertz CT molecular complexity index is 1210. The van der Waals surface area contributed by atoms with Crippen molar-refractivity contribution in [2.45, 2.75) is 19.8 Å². The lowest BCUT2D eigenvalue weighted by Gasteiger charge is -2.14. The lowest BCUT2D eigenvalue weighted by atomic mass is 10.1. The number of nitrogens with zero attached hydrogens (tertiary/aromatic N) is 1. The molecule has 0 radical (unpaired) electrons. The van der Waals surface area contributed by atoms with Gasteiger partial charge in [0.1, 0.15) is 0 Å². The normalized spacial score (nSPS) is 16.9. The van der Waals surface area contributed by atoms with Crippen molar-refractivity contribution >= 4 is 39.1 Å². The van der Waals surface area contributed by atoms with Crippen molar-refractivity contribution in [3.8, 4) is 11.1 Å². The first-order chi connectivity index (χ1) is 15.0. The molecule has 9 heteroatoms. The van der Waals surface area contributed by atoms with Crippen LogP contribution in [-0.4, -0.2) is 48.4 Å². The first-order valence-corrected chi connectivity index (χ1v) is 11.8. The molecule has 1 aliphatic heterocycles. The van der Waals surface area contributed by atoms with Crippen LogP contribution in [0.4, 0.5) is 5.69 Å². The highest BCUT2D eigenvalue weighted by Crippen LogP contribution is 2.44. The van der Waals surface area contributed by atoms with Crippen molar-refractivity contribution in [1.82, 2.24) is 4.90 Å². The fourth-order valence-corrected chi connectivity index (χ4v) is 3.75. The minimum absolute atomic E-state index is 0.0858. The van der Waals surface area contributed by atoms with E-state index in [0.717, 1.165) is 27.8 Å². The lowest BCUT2D eigenvalue weighted by Crippen LogP contribution is -2.33. The number of imide groups is 1. The number of likely N-dealkylation sites (tertiary alicyclic amines) is 1. The number of nitrogens with one attached hydrogen (secondary N) is 1. The molecular weight excluding hydrogens is 432 g/mol. The summed E-state index contributed by atoms with van der Waals surface area (Å²) in [7, 11) is -3.67. The molecule has 1 aliphatic carbocycles. The standard InChI is InChI=1S/C22H20N2O3.CH4O3S/c1-13-11-21(26)24(22(13)27)10-9-20(25)23-15-7-8-18-17-6-4-3-5-16(17)14(2)19(18)12-15;1-5(2,3)4/h3-8,12-13H,2,9-11H2,1H3,(H,23,25);1H3,(H,2,3,4). The third-order valence-electron chi connectivity index (χ3n) is 5.20. The van der Waals surface area contributed by atoms with Gasteiger partial charge in [0.25, 0.3) is 10.1 Å². The van der Waals surface area contributed by atoms with Gasteiger partial charge >= 0.3 is 0 Å². The van der Waals surface area contributed by atoms with Gasteiger partial charge in [-0.2, -0.15) is 8.42 Å². The number of hydrogen-bond donors (Lipinski definition) is 2. The predicted molar refractivity (Wildman–Crippen MR) is 121 cm³/mol. The molecule has 2 N–H and O–H groups in total. The summed E-state index contributed by atoms with van der Waals surface area (Å²) in [6.45, 7) is 6.03. The second-order valence-corrected chi connectivity index (χ2v) is 9.27. The van der Waals surface area contributed by atoms with Crippen molar-refractivity contribution in [2.24, 2.45) is 5.92 Å². The Morgan fingerprint density at radius 1 is 1.12 bits per heavy atom. The van der Waals surface area contributed by atoms with Gasteiger partial charge in [-0.05, 0) is 40.0 Å². The van der Waals surface area contributed by atoms with Crippen LogP contribution in [0.1, 0.15) is 30.9 Å². The molecule has 2 aromatic rings. The summed E-state index contributed by atoms with van der Waals surface area (Å²) in [4.78, 5) is 37.2. The van der Waals surface area contributed by atoms with E-state index < -0.39 is 10.1 Å². The smallest absolute Gasteiger partial charge is 0.261 e. The van der Waals surface area contributed by atoms with Gasteiger partial charge in [-0.25, -0.2) is 0 Å². The quantitative estimate of drug-likeness (QED) is 0.460. The molecule has 1 atom stereocenters. The summed E-state index contributed by atoms with van der Waals surface area (Å²) in [6, 6.07) is 13.9. The van der Waals surface area contributed by atoms with Crippen LogP contribution in [0.15, 0.2) is 49.0 Å². The first kappa shape index (κ1) is 23.4. The molecule has 8 nitrogen and oxygen atoms in total. The van der Waals surface area contributed by atoms with Crippen molar-refractivity contribution < 1.29 is 27.4 Å². The zero-order valence-corrected chi connectivity index (χ0v) is 18.6. The van der Waals surface area contributed by atoms with E-state index in [1.807, 2.05) is 36.4 Å². The van der Waals surface area contributed by atoms with Crippen LogP contribution in [0.5, 0.6) is 0 Å². The van der Waals surface area contributed by atoms with E-state index in [0.29, 0.717) is 11.9 Å². The topological polar surface area (TPSA) is 121 Å². The summed E-state index contributed by atoms with van der Waals surface area (Å²) in [6.07, 6.45) is 1.03. The van der Waals surface area contributed by atoms with Gasteiger partial charge in [0, 0.05) is 31.0 Å². The van der Waals surface area contributed by atoms with E-state index in [4.69, 9.17) is 4.55 Å². The van der Waals surface area contributed by atoms with Crippen molar-refractivity contribution in [3.05, 3.63) is 60.2 Å². The molecule has 4 rings (SSSR count). The monoisotopic (exact) mass is 456 g/mol. The number of rotatable bonds is 4. The van der Waals surface area contributed by atoms with E-state index in [9.17, 15) is 22.8 Å². The Hall–Kier alpha value is -3.30.